The van der Waals surface area contributed by atoms with Crippen molar-refractivity contribution < 1.29 is 0 Å². The Morgan fingerprint density at radius 2 is 1.05 bits per heavy atom. The van der Waals surface area contributed by atoms with Crippen LogP contribution >= 0.6 is 11.3 Å². The Bertz CT molecular complexity index is 2290. The standard InChI is InChI=1S/C39H23NS/c1-3-11-25(12-4-1)35-36-30-18-9-15-24-16-10-19-31(34(24)30)37(36)38(26-13-5-2-6-14-26)40-39(35)27-21-22-29-28-17-7-8-20-32(28)41-33(29)23-27/h1-23H. The molecule has 1 nitrogen and oxygen atoms in total. The summed E-state index contributed by atoms with van der Waals surface area (Å²) >= 11 is 1.86. The summed E-state index contributed by atoms with van der Waals surface area (Å²) in [6, 6.07) is 50.4. The molecule has 41 heavy (non-hydrogen) atoms. The number of hydrogen-bond donors (Lipinski definition) is 0. The maximum atomic E-state index is 5.60. The summed E-state index contributed by atoms with van der Waals surface area (Å²) in [4.78, 5) is 5.60. The normalized spacial score (nSPS) is 11.9. The summed E-state index contributed by atoms with van der Waals surface area (Å²) in [6.07, 6.45) is 0. The van der Waals surface area contributed by atoms with Crippen molar-refractivity contribution in [1.29, 1.82) is 0 Å². The average molecular weight is 538 g/mol. The van der Waals surface area contributed by atoms with E-state index in [-0.39, 0.29) is 0 Å². The quantitative estimate of drug-likeness (QED) is 0.218. The van der Waals surface area contributed by atoms with Gasteiger partial charge in [0.05, 0.1) is 11.4 Å². The first kappa shape index (κ1) is 22.7. The lowest BCUT2D eigenvalue weighted by molar-refractivity contribution is 1.33. The molecular formula is C39H23NS. The monoisotopic (exact) mass is 537 g/mol. The second-order valence-corrected chi connectivity index (χ2v) is 11.8. The Morgan fingerprint density at radius 3 is 1.83 bits per heavy atom. The molecule has 0 saturated carbocycles. The van der Waals surface area contributed by atoms with Crippen LogP contribution in [0.25, 0.3) is 86.8 Å². The van der Waals surface area contributed by atoms with Crippen LogP contribution in [-0.2, 0) is 0 Å². The van der Waals surface area contributed by atoms with Crippen LogP contribution in [0.2, 0.25) is 0 Å². The molecule has 1 aliphatic rings. The van der Waals surface area contributed by atoms with Gasteiger partial charge in [-0.1, -0.05) is 127 Å². The molecule has 2 aromatic heterocycles. The van der Waals surface area contributed by atoms with Crippen molar-refractivity contribution in [3.8, 4) is 55.9 Å². The molecule has 0 amide bonds. The molecule has 8 aromatic rings. The van der Waals surface area contributed by atoms with Crippen LogP contribution in [0.4, 0.5) is 0 Å². The van der Waals surface area contributed by atoms with E-state index in [9.17, 15) is 0 Å². The SMILES string of the molecule is c1ccc(-c2nc(-c3ccc4c(c3)sc3ccccc34)c(-c3ccccc3)c3c2-c2cccc4cccc-3c24)cc1. The number of hydrogen-bond acceptors (Lipinski definition) is 2. The lowest BCUT2D eigenvalue weighted by Gasteiger charge is -2.19. The lowest BCUT2D eigenvalue weighted by Crippen LogP contribution is -1.98. The third-order valence-corrected chi connectivity index (χ3v) is 9.54. The van der Waals surface area contributed by atoms with Crippen molar-refractivity contribution in [2.75, 3.05) is 0 Å². The Labute approximate surface area is 242 Å². The minimum atomic E-state index is 1.03. The summed E-state index contributed by atoms with van der Waals surface area (Å²) in [5.74, 6) is 0. The van der Waals surface area contributed by atoms with Gasteiger partial charge in [0, 0.05) is 48.0 Å². The number of benzene rings is 6. The molecule has 0 aliphatic heterocycles. The fourth-order valence-electron chi connectivity index (χ4n) is 6.65. The zero-order valence-electron chi connectivity index (χ0n) is 22.1. The van der Waals surface area contributed by atoms with E-state index in [4.69, 9.17) is 4.98 Å². The third kappa shape index (κ3) is 3.32. The molecule has 2 heteroatoms. The highest BCUT2D eigenvalue weighted by atomic mass is 32.1. The molecule has 0 fully saturated rings. The van der Waals surface area contributed by atoms with Crippen molar-refractivity contribution in [2.45, 2.75) is 0 Å². The summed E-state index contributed by atoms with van der Waals surface area (Å²) in [6.45, 7) is 0. The van der Waals surface area contributed by atoms with Crippen molar-refractivity contribution in [2.24, 2.45) is 0 Å². The van der Waals surface area contributed by atoms with Crippen molar-refractivity contribution in [3.63, 3.8) is 0 Å². The van der Waals surface area contributed by atoms with E-state index in [1.165, 1.54) is 64.3 Å². The lowest BCUT2D eigenvalue weighted by atomic mass is 9.87. The molecule has 0 bridgehead atoms. The molecule has 0 radical (unpaired) electrons. The van der Waals surface area contributed by atoms with Crippen LogP contribution in [0, 0.1) is 0 Å². The minimum Gasteiger partial charge on any atom is -0.246 e. The highest BCUT2D eigenvalue weighted by Crippen LogP contribution is 2.56. The largest absolute Gasteiger partial charge is 0.246 e. The first-order valence-corrected chi connectivity index (χ1v) is 14.8. The van der Waals surface area contributed by atoms with Crippen molar-refractivity contribution in [3.05, 3.63) is 140 Å². The fraction of sp³-hybridized carbons (Fsp3) is 0. The van der Waals surface area contributed by atoms with Gasteiger partial charge in [0.15, 0.2) is 0 Å². The zero-order valence-corrected chi connectivity index (χ0v) is 23.0. The van der Waals surface area contributed by atoms with Gasteiger partial charge in [-0.25, -0.2) is 4.98 Å². The minimum absolute atomic E-state index is 1.03. The van der Waals surface area contributed by atoms with E-state index >= 15 is 0 Å². The van der Waals surface area contributed by atoms with E-state index in [0.29, 0.717) is 0 Å². The number of aromatic nitrogens is 1. The van der Waals surface area contributed by atoms with Crippen molar-refractivity contribution >= 4 is 42.3 Å². The Kier molecular flexibility index (Phi) is 4.84. The summed E-state index contributed by atoms with van der Waals surface area (Å²) in [7, 11) is 0. The van der Waals surface area contributed by atoms with Gasteiger partial charge in [-0.2, -0.15) is 0 Å². The topological polar surface area (TPSA) is 12.9 Å². The van der Waals surface area contributed by atoms with E-state index < -0.39 is 0 Å². The van der Waals surface area contributed by atoms with Gasteiger partial charge >= 0.3 is 0 Å². The molecule has 0 N–H and O–H groups in total. The molecule has 0 saturated heterocycles. The highest BCUT2D eigenvalue weighted by Gasteiger charge is 2.31. The molecule has 6 aromatic carbocycles. The average Bonchev–Trinajstić information content (AvgIpc) is 3.58. The Morgan fingerprint density at radius 1 is 0.415 bits per heavy atom. The number of thiophene rings is 1. The molecule has 190 valence electrons. The van der Waals surface area contributed by atoms with Gasteiger partial charge in [0.2, 0.25) is 0 Å². The van der Waals surface area contributed by atoms with E-state index in [1.54, 1.807) is 0 Å². The molecule has 0 spiro atoms. The maximum absolute atomic E-state index is 5.60. The van der Waals surface area contributed by atoms with Crippen molar-refractivity contribution in [1.82, 2.24) is 4.98 Å². The Hall–Kier alpha value is -5.05. The predicted molar refractivity (Wildman–Crippen MR) is 175 cm³/mol. The number of rotatable bonds is 3. The van der Waals surface area contributed by atoms with E-state index in [0.717, 1.165) is 22.5 Å². The van der Waals surface area contributed by atoms with Crippen LogP contribution in [0.15, 0.2) is 140 Å². The molecule has 0 atom stereocenters. The predicted octanol–water partition coefficient (Wildman–Crippen LogP) is 11.3. The van der Waals surface area contributed by atoms with Crippen LogP contribution in [0.3, 0.4) is 0 Å². The van der Waals surface area contributed by atoms with Gasteiger partial charge in [-0.3, -0.25) is 0 Å². The molecule has 1 aliphatic carbocycles. The van der Waals surface area contributed by atoms with E-state index in [2.05, 4.69) is 140 Å². The van der Waals surface area contributed by atoms with Crippen LogP contribution in [-0.4, -0.2) is 4.98 Å². The maximum Gasteiger partial charge on any atom is 0.0795 e. The zero-order chi connectivity index (χ0) is 26.9. The van der Waals surface area contributed by atoms with Crippen LogP contribution in [0.5, 0.6) is 0 Å². The van der Waals surface area contributed by atoms with Crippen LogP contribution in [0.1, 0.15) is 0 Å². The summed E-state index contributed by atoms with van der Waals surface area (Å²) in [5, 5.41) is 5.20. The Balaban J connectivity index is 1.45. The number of nitrogens with zero attached hydrogens (tertiary/aromatic N) is 1. The third-order valence-electron chi connectivity index (χ3n) is 8.40. The van der Waals surface area contributed by atoms with E-state index in [1.807, 2.05) is 11.3 Å². The van der Waals surface area contributed by atoms with Crippen LogP contribution < -0.4 is 0 Å². The molecule has 2 heterocycles. The van der Waals surface area contributed by atoms with Gasteiger partial charge in [-0.05, 0) is 39.6 Å². The van der Waals surface area contributed by atoms with Gasteiger partial charge in [0.25, 0.3) is 0 Å². The first-order valence-electron chi connectivity index (χ1n) is 14.0. The molecular weight excluding hydrogens is 515 g/mol. The second kappa shape index (κ2) is 8.72. The summed E-state index contributed by atoms with van der Waals surface area (Å²) < 4.78 is 2.61. The first-order chi connectivity index (χ1) is 20.3. The smallest absolute Gasteiger partial charge is 0.0795 e. The van der Waals surface area contributed by atoms with Gasteiger partial charge in [-0.15, -0.1) is 11.3 Å². The highest BCUT2D eigenvalue weighted by molar-refractivity contribution is 7.25. The van der Waals surface area contributed by atoms with Gasteiger partial charge in [0.1, 0.15) is 0 Å². The molecule has 9 rings (SSSR count). The number of fused-ring (bicyclic) bond motifs is 6. The molecule has 0 unspecified atom stereocenters. The second-order valence-electron chi connectivity index (χ2n) is 10.7. The fourth-order valence-corrected chi connectivity index (χ4v) is 7.79. The van der Waals surface area contributed by atoms with Gasteiger partial charge < -0.3 is 0 Å². The number of pyridine rings is 1. The summed E-state index contributed by atoms with van der Waals surface area (Å²) in [5.41, 5.74) is 11.8.